The molecule has 19 heavy (non-hydrogen) atoms. The number of hydrogen-bond donors (Lipinski definition) is 2. The number of rotatable bonds is 5. The first kappa shape index (κ1) is 13.4. The fourth-order valence-electron chi connectivity index (χ4n) is 1.56. The van der Waals surface area contributed by atoms with Crippen LogP contribution in [0.25, 0.3) is 0 Å². The summed E-state index contributed by atoms with van der Waals surface area (Å²) in [4.78, 5) is 7.86. The van der Waals surface area contributed by atoms with Gasteiger partial charge in [-0.2, -0.15) is 0 Å². The summed E-state index contributed by atoms with van der Waals surface area (Å²) in [5.74, 6) is 0.0570. The Hall–Kier alpha value is -1.99. The summed E-state index contributed by atoms with van der Waals surface area (Å²) in [6.45, 7) is 0.602. The molecule has 0 unspecified atom stereocenters. The maximum atomic E-state index is 12.1. The van der Waals surface area contributed by atoms with Gasteiger partial charge in [0.1, 0.15) is 0 Å². The van der Waals surface area contributed by atoms with Gasteiger partial charge < -0.3 is 5.32 Å². The average Bonchev–Trinajstić information content (AvgIpc) is 2.40. The number of hydrogen-bond acceptors (Lipinski definition) is 5. The van der Waals surface area contributed by atoms with Crippen molar-refractivity contribution in [1.82, 2.24) is 15.3 Å². The lowest BCUT2D eigenvalue weighted by Crippen LogP contribution is -2.15. The summed E-state index contributed by atoms with van der Waals surface area (Å²) in [7, 11) is -1.85. The minimum absolute atomic E-state index is 0.0570. The number of nitrogens with one attached hydrogen (secondary N) is 2. The third-order valence-corrected chi connectivity index (χ3v) is 3.71. The molecule has 0 aliphatic carbocycles. The van der Waals surface area contributed by atoms with Crippen molar-refractivity contribution in [1.29, 1.82) is 0 Å². The molecule has 2 aromatic rings. The van der Waals surface area contributed by atoms with Crippen LogP contribution in [0.2, 0.25) is 0 Å². The SMILES string of the molecule is CNCc1cccc(S(=O)(=O)Nc2ncccn2)c1. The Bertz CT molecular complexity index is 644. The van der Waals surface area contributed by atoms with Crippen LogP contribution in [0, 0.1) is 0 Å². The highest BCUT2D eigenvalue weighted by molar-refractivity contribution is 7.92. The fourth-order valence-corrected chi connectivity index (χ4v) is 2.59. The van der Waals surface area contributed by atoms with Crippen molar-refractivity contribution >= 4 is 16.0 Å². The monoisotopic (exact) mass is 278 g/mol. The zero-order chi connectivity index (χ0) is 13.7. The maximum absolute atomic E-state index is 12.1. The zero-order valence-electron chi connectivity index (χ0n) is 10.4. The average molecular weight is 278 g/mol. The van der Waals surface area contributed by atoms with Crippen molar-refractivity contribution in [2.24, 2.45) is 0 Å². The van der Waals surface area contributed by atoms with E-state index in [2.05, 4.69) is 20.0 Å². The molecule has 1 aromatic heterocycles. The molecule has 0 bridgehead atoms. The summed E-state index contributed by atoms with van der Waals surface area (Å²) in [6.07, 6.45) is 2.95. The summed E-state index contributed by atoms with van der Waals surface area (Å²) in [5.41, 5.74) is 0.888. The van der Waals surface area contributed by atoms with Gasteiger partial charge in [-0.05, 0) is 30.8 Å². The Morgan fingerprint density at radius 2 is 1.89 bits per heavy atom. The van der Waals surface area contributed by atoms with Crippen LogP contribution in [0.1, 0.15) is 5.56 Å². The van der Waals surface area contributed by atoms with Crippen LogP contribution in [0.4, 0.5) is 5.95 Å². The van der Waals surface area contributed by atoms with Crippen LogP contribution < -0.4 is 10.0 Å². The zero-order valence-corrected chi connectivity index (χ0v) is 11.2. The highest BCUT2D eigenvalue weighted by Crippen LogP contribution is 2.14. The van der Waals surface area contributed by atoms with Gasteiger partial charge in [0.25, 0.3) is 10.0 Å². The van der Waals surface area contributed by atoms with E-state index in [0.29, 0.717) is 6.54 Å². The fraction of sp³-hybridized carbons (Fsp3) is 0.167. The Labute approximate surface area is 112 Å². The Morgan fingerprint density at radius 1 is 1.16 bits per heavy atom. The van der Waals surface area contributed by atoms with Crippen molar-refractivity contribution in [3.05, 3.63) is 48.3 Å². The molecule has 6 nitrogen and oxygen atoms in total. The van der Waals surface area contributed by atoms with Crippen LogP contribution >= 0.6 is 0 Å². The van der Waals surface area contributed by atoms with Crippen molar-refractivity contribution in [3.8, 4) is 0 Å². The van der Waals surface area contributed by atoms with Crippen molar-refractivity contribution < 1.29 is 8.42 Å². The van der Waals surface area contributed by atoms with Crippen LogP contribution in [0.5, 0.6) is 0 Å². The smallest absolute Gasteiger partial charge is 0.264 e. The quantitative estimate of drug-likeness (QED) is 0.852. The van der Waals surface area contributed by atoms with Gasteiger partial charge in [0, 0.05) is 18.9 Å². The predicted octanol–water partition coefficient (Wildman–Crippen LogP) is 0.997. The first-order valence-corrected chi connectivity index (χ1v) is 7.13. The van der Waals surface area contributed by atoms with Crippen molar-refractivity contribution in [2.45, 2.75) is 11.4 Å². The second-order valence-corrected chi connectivity index (χ2v) is 5.54. The lowest BCUT2D eigenvalue weighted by molar-refractivity contribution is 0.600. The molecule has 0 aliphatic rings. The molecule has 100 valence electrons. The predicted molar refractivity (Wildman–Crippen MR) is 72.0 cm³/mol. The summed E-state index contributed by atoms with van der Waals surface area (Å²) in [6, 6.07) is 8.32. The van der Waals surface area contributed by atoms with Gasteiger partial charge in [-0.1, -0.05) is 12.1 Å². The van der Waals surface area contributed by atoms with Crippen LogP contribution in [-0.4, -0.2) is 25.4 Å². The second kappa shape index (κ2) is 5.77. The lowest BCUT2D eigenvalue weighted by atomic mass is 10.2. The molecule has 1 heterocycles. The molecule has 0 amide bonds. The van der Waals surface area contributed by atoms with E-state index < -0.39 is 10.0 Å². The van der Waals surface area contributed by atoms with Crippen LogP contribution in [0.3, 0.4) is 0 Å². The summed E-state index contributed by atoms with van der Waals surface area (Å²) < 4.78 is 26.6. The number of sulfonamides is 1. The first-order valence-electron chi connectivity index (χ1n) is 5.65. The third-order valence-electron chi connectivity index (χ3n) is 2.38. The highest BCUT2D eigenvalue weighted by Gasteiger charge is 2.15. The van der Waals surface area contributed by atoms with E-state index in [1.54, 1.807) is 25.2 Å². The molecule has 0 aliphatic heterocycles. The normalized spacial score (nSPS) is 11.2. The molecule has 1 aromatic carbocycles. The highest BCUT2D eigenvalue weighted by atomic mass is 32.2. The minimum atomic E-state index is -3.66. The van der Waals surface area contributed by atoms with Gasteiger partial charge >= 0.3 is 0 Å². The number of aromatic nitrogens is 2. The van der Waals surface area contributed by atoms with Crippen molar-refractivity contribution in [3.63, 3.8) is 0 Å². The molecule has 0 saturated heterocycles. The van der Waals surface area contributed by atoms with E-state index >= 15 is 0 Å². The Kier molecular flexibility index (Phi) is 4.08. The molecule has 0 radical (unpaired) electrons. The molecule has 2 rings (SSSR count). The number of nitrogens with zero attached hydrogens (tertiary/aromatic N) is 2. The molecule has 2 N–H and O–H groups in total. The molecule has 0 fully saturated rings. The Morgan fingerprint density at radius 3 is 2.58 bits per heavy atom. The van der Waals surface area contributed by atoms with Crippen LogP contribution in [-0.2, 0) is 16.6 Å². The molecule has 7 heteroatoms. The van der Waals surface area contributed by atoms with E-state index in [1.165, 1.54) is 18.5 Å². The number of anilines is 1. The molecule has 0 atom stereocenters. The van der Waals surface area contributed by atoms with E-state index in [0.717, 1.165) is 5.56 Å². The van der Waals surface area contributed by atoms with Gasteiger partial charge in [0.2, 0.25) is 5.95 Å². The standard InChI is InChI=1S/C12H14N4O2S/c1-13-9-10-4-2-5-11(8-10)19(17,18)16-12-14-6-3-7-15-12/h2-8,13H,9H2,1H3,(H,14,15,16). The van der Waals surface area contributed by atoms with E-state index in [1.807, 2.05) is 6.07 Å². The van der Waals surface area contributed by atoms with Gasteiger partial charge in [0.15, 0.2) is 0 Å². The minimum Gasteiger partial charge on any atom is -0.316 e. The first-order chi connectivity index (χ1) is 9.12. The van der Waals surface area contributed by atoms with E-state index in [4.69, 9.17) is 0 Å². The van der Waals surface area contributed by atoms with Gasteiger partial charge in [0.05, 0.1) is 4.90 Å². The number of benzene rings is 1. The lowest BCUT2D eigenvalue weighted by Gasteiger charge is -2.07. The van der Waals surface area contributed by atoms with E-state index in [-0.39, 0.29) is 10.8 Å². The summed E-state index contributed by atoms with van der Waals surface area (Å²) >= 11 is 0. The molecule has 0 saturated carbocycles. The van der Waals surface area contributed by atoms with Crippen LogP contribution in [0.15, 0.2) is 47.6 Å². The second-order valence-electron chi connectivity index (χ2n) is 3.86. The summed E-state index contributed by atoms with van der Waals surface area (Å²) in [5, 5.41) is 2.97. The molecule has 0 spiro atoms. The topological polar surface area (TPSA) is 84.0 Å². The van der Waals surface area contributed by atoms with E-state index in [9.17, 15) is 8.42 Å². The largest absolute Gasteiger partial charge is 0.316 e. The Balaban J connectivity index is 2.27. The van der Waals surface area contributed by atoms with Gasteiger partial charge in [-0.15, -0.1) is 0 Å². The molecular weight excluding hydrogens is 264 g/mol. The maximum Gasteiger partial charge on any atom is 0.264 e. The molecular formula is C12H14N4O2S. The van der Waals surface area contributed by atoms with Crippen molar-refractivity contribution in [2.75, 3.05) is 11.8 Å². The van der Waals surface area contributed by atoms with Gasteiger partial charge in [-0.3, -0.25) is 0 Å². The third kappa shape index (κ3) is 3.49. The van der Waals surface area contributed by atoms with Gasteiger partial charge in [-0.25, -0.2) is 23.1 Å².